The zero-order valence-corrected chi connectivity index (χ0v) is 24.4. The molecule has 1 aliphatic heterocycles. The number of aliphatic hydroxyl groups is 3. The van der Waals surface area contributed by atoms with E-state index in [1.165, 1.54) is 0 Å². The molecule has 1 fully saturated rings. The number of hydrogen-bond acceptors (Lipinski definition) is 9. The molecule has 0 spiro atoms. The van der Waals surface area contributed by atoms with Crippen molar-refractivity contribution in [2.45, 2.75) is 89.9 Å². The average Bonchev–Trinajstić information content (AvgIpc) is 2.92. The molecule has 1 heterocycles. The molecule has 0 aromatic heterocycles. The molecule has 12 nitrogen and oxygen atoms in total. The molecule has 0 aliphatic carbocycles. The molecule has 0 bridgehead atoms. The standard InChI is InChI=1S/C29H46N5O7/c1-17(2)25(31)20(27(32)41-24-15-21(36)26(38)22(16-35)40-24)14-19-10-8-18(9-11-19)6-5-7-23(37)34-29(3,4)28(39)33-13-12-30/h8-11,17,21-22,24,26,35-36,38H,5-7,12-16,30-31H2,1-4H3,(H,33,39)(H,34,37)/q-1/b25-20-/t21-,22-,24+,26-/m1/s1. The number of nitrogens with two attached hydrogens (primary N) is 2. The van der Waals surface area contributed by atoms with Gasteiger partial charge in [0.25, 0.3) is 0 Å². The normalized spacial score (nSPS) is 21.7. The smallest absolute Gasteiger partial charge is 0.245 e. The summed E-state index contributed by atoms with van der Waals surface area (Å²) in [5.41, 5.74) is 13.4. The van der Waals surface area contributed by atoms with Crippen molar-refractivity contribution in [3.05, 3.63) is 52.1 Å². The topological polar surface area (TPSA) is 212 Å². The number of allylic oxidation sites excluding steroid dienone is 1. The summed E-state index contributed by atoms with van der Waals surface area (Å²) in [6.45, 7) is 7.20. The van der Waals surface area contributed by atoms with Crippen molar-refractivity contribution in [1.29, 1.82) is 0 Å². The van der Waals surface area contributed by atoms with Gasteiger partial charge >= 0.3 is 0 Å². The number of benzene rings is 1. The van der Waals surface area contributed by atoms with E-state index >= 15 is 0 Å². The molecule has 9 N–H and O–H groups in total. The summed E-state index contributed by atoms with van der Waals surface area (Å²) in [5, 5.41) is 45.7. The predicted molar refractivity (Wildman–Crippen MR) is 155 cm³/mol. The van der Waals surface area contributed by atoms with Crippen LogP contribution in [0, 0.1) is 5.92 Å². The number of rotatable bonds is 14. The van der Waals surface area contributed by atoms with Crippen molar-refractivity contribution in [2.75, 3.05) is 19.7 Å². The lowest BCUT2D eigenvalue weighted by Gasteiger charge is -2.38. The van der Waals surface area contributed by atoms with Gasteiger partial charge in [-0.15, -0.1) is 0 Å². The fourth-order valence-corrected chi connectivity index (χ4v) is 4.34. The van der Waals surface area contributed by atoms with E-state index in [-0.39, 0.29) is 37.0 Å². The van der Waals surface area contributed by atoms with Crippen LogP contribution in [0.5, 0.6) is 0 Å². The highest BCUT2D eigenvalue weighted by Crippen LogP contribution is 2.24. The van der Waals surface area contributed by atoms with Crippen molar-refractivity contribution in [3.63, 3.8) is 0 Å². The van der Waals surface area contributed by atoms with Gasteiger partial charge in [0.05, 0.1) is 12.7 Å². The second-order valence-corrected chi connectivity index (χ2v) is 11.2. The van der Waals surface area contributed by atoms with Crippen LogP contribution in [0.15, 0.2) is 35.5 Å². The van der Waals surface area contributed by atoms with Crippen LogP contribution in [0.4, 0.5) is 0 Å². The number of hydrogen-bond donors (Lipinski definition) is 7. The van der Waals surface area contributed by atoms with Gasteiger partial charge in [-0.1, -0.05) is 38.1 Å². The molecule has 4 atom stereocenters. The zero-order valence-electron chi connectivity index (χ0n) is 24.4. The highest BCUT2D eigenvalue weighted by Gasteiger charge is 2.37. The van der Waals surface area contributed by atoms with Crippen molar-refractivity contribution in [1.82, 2.24) is 10.6 Å². The van der Waals surface area contributed by atoms with E-state index in [0.29, 0.717) is 37.2 Å². The average molecular weight is 577 g/mol. The molecule has 2 amide bonds. The molecule has 1 aromatic rings. The van der Waals surface area contributed by atoms with Gasteiger partial charge in [-0.2, -0.15) is 0 Å². The summed E-state index contributed by atoms with van der Waals surface area (Å²) in [5.74, 6) is -1.04. The lowest BCUT2D eigenvalue weighted by atomic mass is 9.96. The van der Waals surface area contributed by atoms with Gasteiger partial charge < -0.3 is 52.3 Å². The summed E-state index contributed by atoms with van der Waals surface area (Å²) in [6.07, 6.45) is -2.88. The van der Waals surface area contributed by atoms with Crippen LogP contribution in [-0.2, 0) is 31.9 Å². The van der Waals surface area contributed by atoms with Crippen LogP contribution >= 0.6 is 0 Å². The van der Waals surface area contributed by atoms with E-state index in [2.05, 4.69) is 10.6 Å². The lowest BCUT2D eigenvalue weighted by Crippen LogP contribution is -2.55. The number of ether oxygens (including phenoxy) is 2. The van der Waals surface area contributed by atoms with Crippen LogP contribution in [0.1, 0.15) is 58.1 Å². The molecule has 1 saturated heterocycles. The first-order chi connectivity index (χ1) is 19.3. The number of aryl methyl sites for hydroxylation is 1. The fraction of sp³-hybridized carbons (Fsp3) is 0.621. The highest BCUT2D eigenvalue weighted by atomic mass is 16.7. The number of carbonyl (C=O) groups is 2. The minimum Gasteiger partial charge on any atom is -0.771 e. The van der Waals surface area contributed by atoms with E-state index in [0.717, 1.165) is 11.1 Å². The Bertz CT molecular complexity index is 1060. The Morgan fingerprint density at radius 3 is 2.41 bits per heavy atom. The van der Waals surface area contributed by atoms with Crippen molar-refractivity contribution in [2.24, 2.45) is 17.4 Å². The third kappa shape index (κ3) is 10.4. The first-order valence-electron chi connectivity index (χ1n) is 14.0. The van der Waals surface area contributed by atoms with Gasteiger partial charge in [-0.3, -0.25) is 9.59 Å². The molecule has 230 valence electrons. The van der Waals surface area contributed by atoms with Gasteiger partial charge in [0.15, 0.2) is 6.29 Å². The van der Waals surface area contributed by atoms with Crippen LogP contribution in [0.3, 0.4) is 0 Å². The minimum atomic E-state index is -1.26. The van der Waals surface area contributed by atoms with E-state index in [9.17, 15) is 30.3 Å². The summed E-state index contributed by atoms with van der Waals surface area (Å²) < 4.78 is 11.1. The van der Waals surface area contributed by atoms with E-state index in [4.69, 9.17) is 20.9 Å². The summed E-state index contributed by atoms with van der Waals surface area (Å²) in [6, 6.07) is 7.68. The summed E-state index contributed by atoms with van der Waals surface area (Å²) in [4.78, 5) is 24.6. The van der Waals surface area contributed by atoms with Crippen molar-refractivity contribution < 1.29 is 34.4 Å². The molecule has 0 saturated carbocycles. The Morgan fingerprint density at radius 2 is 1.83 bits per heavy atom. The Hall–Kier alpha value is -3.03. The summed E-state index contributed by atoms with van der Waals surface area (Å²) >= 11 is 0. The van der Waals surface area contributed by atoms with Gasteiger partial charge in [0.2, 0.25) is 11.8 Å². The monoisotopic (exact) mass is 576 g/mol. The molecular formula is C29H46N5O7-. The number of aliphatic hydroxyl groups excluding tert-OH is 3. The van der Waals surface area contributed by atoms with E-state index in [1.807, 2.05) is 38.1 Å². The summed E-state index contributed by atoms with van der Waals surface area (Å²) in [7, 11) is 0. The van der Waals surface area contributed by atoms with Crippen LogP contribution in [0.2, 0.25) is 0 Å². The van der Waals surface area contributed by atoms with Crippen LogP contribution in [0.25, 0.3) is 5.41 Å². The Kier molecular flexibility index (Phi) is 13.2. The molecule has 0 radical (unpaired) electrons. The SMILES string of the molecule is CC(C)/C(N)=C(\Cc1ccc(CCCC(=O)NC(C)(C)C(=O)NCCN)cc1)C(=[N-])O[C@H]1C[C@@H](O)[C@@H](O)[C@@H](CO)O1. The zero-order chi connectivity index (χ0) is 30.7. The largest absolute Gasteiger partial charge is 0.771 e. The fourth-order valence-electron chi connectivity index (χ4n) is 4.34. The Balaban J connectivity index is 1.96. The van der Waals surface area contributed by atoms with Crippen molar-refractivity contribution in [3.8, 4) is 0 Å². The minimum absolute atomic E-state index is 0.0947. The predicted octanol–water partition coefficient (Wildman–Crippen LogP) is 0.204. The molecule has 0 unspecified atom stereocenters. The second kappa shape index (κ2) is 15.8. The maximum absolute atomic E-state index is 12.4. The van der Waals surface area contributed by atoms with Gasteiger partial charge in [-0.25, -0.2) is 0 Å². The number of carbonyl (C=O) groups excluding carboxylic acids is 2. The van der Waals surface area contributed by atoms with Gasteiger partial charge in [0, 0.05) is 43.9 Å². The van der Waals surface area contributed by atoms with Crippen LogP contribution < -0.4 is 22.1 Å². The number of nitrogens with zero attached hydrogens (tertiary/aromatic N) is 1. The maximum atomic E-state index is 12.4. The van der Waals surface area contributed by atoms with E-state index in [1.54, 1.807) is 13.8 Å². The number of amides is 2. The van der Waals surface area contributed by atoms with Gasteiger partial charge in [0.1, 0.15) is 17.7 Å². The lowest BCUT2D eigenvalue weighted by molar-refractivity contribution is -0.233. The highest BCUT2D eigenvalue weighted by molar-refractivity contribution is 5.97. The van der Waals surface area contributed by atoms with Crippen LogP contribution in [-0.4, -0.2) is 82.9 Å². The molecule has 2 rings (SSSR count). The maximum Gasteiger partial charge on any atom is 0.245 e. The third-order valence-electron chi connectivity index (χ3n) is 6.91. The molecular weight excluding hydrogens is 530 g/mol. The number of nitrogens with one attached hydrogen (secondary N) is 2. The molecule has 41 heavy (non-hydrogen) atoms. The Morgan fingerprint density at radius 1 is 1.20 bits per heavy atom. The quantitative estimate of drug-likeness (QED) is 0.119. The second-order valence-electron chi connectivity index (χ2n) is 11.2. The molecule has 1 aromatic carbocycles. The molecule has 1 aliphatic rings. The first-order valence-corrected chi connectivity index (χ1v) is 14.0. The first kappa shape index (κ1) is 34.2. The van der Waals surface area contributed by atoms with E-state index < -0.39 is 42.6 Å². The Labute approximate surface area is 242 Å². The molecule has 12 heteroatoms. The van der Waals surface area contributed by atoms with Gasteiger partial charge in [-0.05, 0) is 49.3 Å². The third-order valence-corrected chi connectivity index (χ3v) is 6.91. The van der Waals surface area contributed by atoms with Crippen molar-refractivity contribution >= 4 is 17.7 Å².